The van der Waals surface area contributed by atoms with Gasteiger partial charge in [0.2, 0.25) is 5.79 Å². The van der Waals surface area contributed by atoms with E-state index in [1.54, 1.807) is 0 Å². The number of Topliss-reactive ketones (excluding diaryl/α,β-unsaturated/α-hetero) is 1. The topological polar surface area (TPSA) is 113 Å². The molecule has 1 unspecified atom stereocenters. The Hall–Kier alpha value is -2.13. The number of esters is 1. The highest BCUT2D eigenvalue weighted by Crippen LogP contribution is 2.76. The summed E-state index contributed by atoms with van der Waals surface area (Å²) in [4.78, 5) is 27.2. The van der Waals surface area contributed by atoms with Gasteiger partial charge in [0.05, 0.1) is 18.3 Å². The highest BCUT2D eigenvalue weighted by molar-refractivity contribution is 6.05. The van der Waals surface area contributed by atoms with Gasteiger partial charge in [-0.2, -0.15) is 0 Å². The number of aliphatic hydroxyl groups excluding tert-OH is 2. The predicted molar refractivity (Wildman–Crippen MR) is 120 cm³/mol. The number of ether oxygens (including phenoxy) is 2. The SMILES string of the molecule is C=C1C(=O)[C@@]23C(CC[C@@H]1[C@H]2OC(=O)c1ccc(F)cc1)[C@@]12CO[C@@]3(O)[C@@H](O)[C@@H]1C(C)(C)CC[C@@H]2O. The largest absolute Gasteiger partial charge is 0.457 e. The van der Waals surface area contributed by atoms with E-state index in [9.17, 15) is 29.3 Å². The molecule has 2 saturated heterocycles. The van der Waals surface area contributed by atoms with Crippen LogP contribution in [-0.4, -0.2) is 57.8 Å². The van der Waals surface area contributed by atoms with Crippen LogP contribution in [0.15, 0.2) is 36.4 Å². The average Bonchev–Trinajstić information content (AvgIpc) is 2.93. The Balaban J connectivity index is 1.52. The first kappa shape index (κ1) is 23.3. The molecule has 7 nitrogen and oxygen atoms in total. The molecule has 6 aliphatic rings. The van der Waals surface area contributed by atoms with Crippen molar-refractivity contribution < 1.29 is 38.8 Å². The summed E-state index contributed by atoms with van der Waals surface area (Å²) in [6, 6.07) is 4.88. The third-order valence-electron chi connectivity index (χ3n) is 10.2. The maximum absolute atomic E-state index is 14.0. The van der Waals surface area contributed by atoms with Gasteiger partial charge in [-0.3, -0.25) is 4.79 Å². The van der Waals surface area contributed by atoms with Crippen molar-refractivity contribution in [1.82, 2.24) is 0 Å². The molecule has 0 amide bonds. The van der Waals surface area contributed by atoms with E-state index in [4.69, 9.17) is 9.47 Å². The number of carbonyl (C=O) groups is 2. The number of hydrogen-bond acceptors (Lipinski definition) is 7. The molecule has 2 aliphatic heterocycles. The van der Waals surface area contributed by atoms with E-state index in [1.807, 2.05) is 13.8 Å². The molecule has 2 heterocycles. The molecule has 1 aromatic carbocycles. The Labute approximate surface area is 202 Å². The van der Waals surface area contributed by atoms with E-state index in [0.29, 0.717) is 25.7 Å². The molecule has 9 atom stereocenters. The maximum atomic E-state index is 14.0. The minimum Gasteiger partial charge on any atom is -0.457 e. The van der Waals surface area contributed by atoms with Gasteiger partial charge in [-0.1, -0.05) is 20.4 Å². The summed E-state index contributed by atoms with van der Waals surface area (Å²) in [6.07, 6.45) is -1.34. The molecular formula is C27H31FO7. The zero-order chi connectivity index (χ0) is 25.1. The molecule has 0 radical (unpaired) electrons. The first-order valence-corrected chi connectivity index (χ1v) is 12.4. The van der Waals surface area contributed by atoms with Crippen LogP contribution in [0.5, 0.6) is 0 Å². The number of carbonyl (C=O) groups excluding carboxylic acids is 2. The average molecular weight is 487 g/mol. The molecule has 4 bridgehead atoms. The first-order chi connectivity index (χ1) is 16.4. The van der Waals surface area contributed by atoms with Gasteiger partial charge in [0.25, 0.3) is 0 Å². The lowest BCUT2D eigenvalue weighted by Crippen LogP contribution is -2.85. The van der Waals surface area contributed by atoms with Crippen LogP contribution in [0.3, 0.4) is 0 Å². The van der Waals surface area contributed by atoms with Crippen molar-refractivity contribution in [2.75, 3.05) is 6.61 Å². The second kappa shape index (κ2) is 7.00. The second-order valence-corrected chi connectivity index (χ2v) is 11.9. The Kier molecular flexibility index (Phi) is 4.66. The van der Waals surface area contributed by atoms with Crippen molar-refractivity contribution in [3.8, 4) is 0 Å². The number of benzene rings is 1. The van der Waals surface area contributed by atoms with E-state index < -0.39 is 75.7 Å². The van der Waals surface area contributed by atoms with Crippen molar-refractivity contribution in [3.05, 3.63) is 47.8 Å². The molecule has 7 rings (SSSR count). The number of aliphatic hydroxyl groups is 3. The zero-order valence-electron chi connectivity index (χ0n) is 19.9. The smallest absolute Gasteiger partial charge is 0.338 e. The molecule has 4 aliphatic carbocycles. The van der Waals surface area contributed by atoms with Gasteiger partial charge >= 0.3 is 5.97 Å². The molecule has 4 saturated carbocycles. The molecule has 0 aromatic heterocycles. The van der Waals surface area contributed by atoms with Crippen LogP contribution < -0.4 is 0 Å². The van der Waals surface area contributed by atoms with Crippen LogP contribution in [0.2, 0.25) is 0 Å². The molecule has 1 aromatic rings. The first-order valence-electron chi connectivity index (χ1n) is 12.4. The van der Waals surface area contributed by atoms with Crippen molar-refractivity contribution >= 4 is 11.8 Å². The van der Waals surface area contributed by atoms with Crippen LogP contribution in [0, 0.1) is 39.8 Å². The van der Waals surface area contributed by atoms with Crippen LogP contribution in [0.1, 0.15) is 49.9 Å². The van der Waals surface area contributed by atoms with Crippen molar-refractivity contribution in [1.29, 1.82) is 0 Å². The van der Waals surface area contributed by atoms with E-state index in [2.05, 4.69) is 6.58 Å². The summed E-state index contributed by atoms with van der Waals surface area (Å²) in [6.45, 7) is 8.02. The van der Waals surface area contributed by atoms with Gasteiger partial charge in [0.15, 0.2) is 5.78 Å². The lowest BCUT2D eigenvalue weighted by atomic mass is 9.35. The Bertz CT molecular complexity index is 1130. The van der Waals surface area contributed by atoms with Crippen molar-refractivity contribution in [2.45, 2.75) is 63.6 Å². The molecule has 2 spiro atoms. The van der Waals surface area contributed by atoms with E-state index in [-0.39, 0.29) is 17.7 Å². The van der Waals surface area contributed by atoms with Crippen LogP contribution in [0.25, 0.3) is 0 Å². The number of halogens is 1. The standard InChI is InChI=1S/C27H31FO7/c1-13-16-8-9-17-25-12-34-27(33,21(31)19(25)24(2,3)11-10-18(25)29)26(17,20(13)30)22(16)35-23(32)14-4-6-15(28)7-5-14/h4-7,16-19,21-22,29,31,33H,1,8-12H2,2-3H3/t16-,17?,18-,19+,21-,22+,25+,26-,27-/m0/s1. The summed E-state index contributed by atoms with van der Waals surface area (Å²) >= 11 is 0. The maximum Gasteiger partial charge on any atom is 0.338 e. The third kappa shape index (κ3) is 2.49. The summed E-state index contributed by atoms with van der Waals surface area (Å²) in [5, 5.41) is 35.3. The summed E-state index contributed by atoms with van der Waals surface area (Å²) in [5.74, 6) is -5.69. The minimum atomic E-state index is -2.30. The molecule has 188 valence electrons. The van der Waals surface area contributed by atoms with Crippen molar-refractivity contribution in [2.24, 2.45) is 34.0 Å². The molecular weight excluding hydrogens is 455 g/mol. The predicted octanol–water partition coefficient (Wildman–Crippen LogP) is 2.38. The van der Waals surface area contributed by atoms with Gasteiger partial charge < -0.3 is 24.8 Å². The lowest BCUT2D eigenvalue weighted by molar-refractivity contribution is -0.457. The van der Waals surface area contributed by atoms with Crippen LogP contribution in [-0.2, 0) is 14.3 Å². The zero-order valence-corrected chi connectivity index (χ0v) is 19.9. The highest BCUT2D eigenvalue weighted by atomic mass is 19.1. The Morgan fingerprint density at radius 2 is 1.86 bits per heavy atom. The molecule has 8 heteroatoms. The summed E-state index contributed by atoms with van der Waals surface area (Å²) in [7, 11) is 0. The Morgan fingerprint density at radius 1 is 1.17 bits per heavy atom. The lowest BCUT2D eigenvalue weighted by Gasteiger charge is -2.74. The van der Waals surface area contributed by atoms with Gasteiger partial charge in [0.1, 0.15) is 23.4 Å². The molecule has 6 fully saturated rings. The normalized spacial score (nSPS) is 47.3. The monoisotopic (exact) mass is 486 g/mol. The fourth-order valence-corrected chi connectivity index (χ4v) is 8.81. The quantitative estimate of drug-likeness (QED) is 0.435. The molecule has 3 N–H and O–H groups in total. The van der Waals surface area contributed by atoms with Crippen LogP contribution in [0.4, 0.5) is 4.39 Å². The minimum absolute atomic E-state index is 0.00525. The fraction of sp³-hybridized carbons (Fsp3) is 0.630. The van der Waals surface area contributed by atoms with Crippen molar-refractivity contribution in [3.63, 3.8) is 0 Å². The van der Waals surface area contributed by atoms with Gasteiger partial charge in [-0.25, -0.2) is 9.18 Å². The van der Waals surface area contributed by atoms with E-state index >= 15 is 0 Å². The van der Waals surface area contributed by atoms with Crippen LogP contribution >= 0.6 is 0 Å². The summed E-state index contributed by atoms with van der Waals surface area (Å²) < 4.78 is 25.4. The number of hydrogen-bond donors (Lipinski definition) is 3. The molecule has 35 heavy (non-hydrogen) atoms. The van der Waals surface area contributed by atoms with Gasteiger partial charge in [-0.05, 0) is 66.9 Å². The number of rotatable bonds is 2. The number of ketones is 1. The Morgan fingerprint density at radius 3 is 2.54 bits per heavy atom. The van der Waals surface area contributed by atoms with E-state index in [0.717, 1.165) is 12.1 Å². The van der Waals surface area contributed by atoms with E-state index in [1.165, 1.54) is 12.1 Å². The van der Waals surface area contributed by atoms with Gasteiger partial charge in [0, 0.05) is 17.3 Å². The highest BCUT2D eigenvalue weighted by Gasteiger charge is 2.87. The summed E-state index contributed by atoms with van der Waals surface area (Å²) in [5.41, 5.74) is -2.86. The second-order valence-electron chi connectivity index (χ2n) is 11.9. The fourth-order valence-electron chi connectivity index (χ4n) is 8.81. The number of fused-ring (bicyclic) bond motifs is 2. The third-order valence-corrected chi connectivity index (χ3v) is 10.2. The van der Waals surface area contributed by atoms with Gasteiger partial charge in [-0.15, -0.1) is 0 Å².